The van der Waals surface area contributed by atoms with E-state index in [1.54, 1.807) is 4.90 Å². The van der Waals surface area contributed by atoms with Gasteiger partial charge in [-0.05, 0) is 38.0 Å². The number of aliphatic hydroxyl groups is 1. The maximum absolute atomic E-state index is 12.4. The van der Waals surface area contributed by atoms with E-state index in [0.717, 1.165) is 44.7 Å². The summed E-state index contributed by atoms with van der Waals surface area (Å²) < 4.78 is 0. The first-order valence-corrected chi connectivity index (χ1v) is 10.0. The molecule has 138 valence electrons. The Morgan fingerprint density at radius 2 is 1.83 bits per heavy atom. The fraction of sp³-hybridized carbons (Fsp3) is 0.947. The first-order chi connectivity index (χ1) is 11.6. The van der Waals surface area contributed by atoms with Crippen molar-refractivity contribution in [2.24, 2.45) is 11.8 Å². The summed E-state index contributed by atoms with van der Waals surface area (Å²) >= 11 is 0. The Balaban J connectivity index is 1.38. The number of urea groups is 1. The van der Waals surface area contributed by atoms with Crippen LogP contribution in [0.3, 0.4) is 0 Å². The molecular weight excluding hydrogens is 302 g/mol. The molecule has 3 rings (SSSR count). The van der Waals surface area contributed by atoms with Crippen LogP contribution in [-0.2, 0) is 0 Å². The largest absolute Gasteiger partial charge is 0.393 e. The predicted molar refractivity (Wildman–Crippen MR) is 95.9 cm³/mol. The van der Waals surface area contributed by atoms with Gasteiger partial charge in [0.25, 0.3) is 0 Å². The zero-order chi connectivity index (χ0) is 16.9. The monoisotopic (exact) mass is 337 g/mol. The molecule has 2 aliphatic carbocycles. The smallest absolute Gasteiger partial charge is 0.317 e. The summed E-state index contributed by atoms with van der Waals surface area (Å²) in [7, 11) is 1.86. The van der Waals surface area contributed by atoms with Crippen molar-refractivity contribution in [3.8, 4) is 0 Å². The normalized spacial score (nSPS) is 32.2. The third-order valence-electron chi connectivity index (χ3n) is 6.32. The van der Waals surface area contributed by atoms with Gasteiger partial charge in [-0.3, -0.25) is 0 Å². The van der Waals surface area contributed by atoms with Gasteiger partial charge < -0.3 is 20.2 Å². The molecule has 0 aromatic carbocycles. The van der Waals surface area contributed by atoms with Gasteiger partial charge in [0.05, 0.1) is 6.10 Å². The highest BCUT2D eigenvalue weighted by Gasteiger charge is 2.29. The van der Waals surface area contributed by atoms with Gasteiger partial charge in [0.2, 0.25) is 0 Å². The van der Waals surface area contributed by atoms with Gasteiger partial charge in [0.1, 0.15) is 0 Å². The van der Waals surface area contributed by atoms with Crippen molar-refractivity contribution >= 4 is 6.03 Å². The number of hydrogen-bond donors (Lipinski definition) is 2. The lowest BCUT2D eigenvalue weighted by molar-refractivity contribution is 0.0563. The highest BCUT2D eigenvalue weighted by molar-refractivity contribution is 5.74. The molecule has 2 amide bonds. The molecule has 0 radical (unpaired) electrons. The molecule has 3 atom stereocenters. The first-order valence-electron chi connectivity index (χ1n) is 10.0. The number of likely N-dealkylation sites (tertiary alicyclic amines) is 1. The van der Waals surface area contributed by atoms with Crippen LogP contribution in [0.2, 0.25) is 0 Å². The van der Waals surface area contributed by atoms with Gasteiger partial charge in [-0.2, -0.15) is 0 Å². The summed E-state index contributed by atoms with van der Waals surface area (Å²) in [5.41, 5.74) is 0. The summed E-state index contributed by atoms with van der Waals surface area (Å²) in [6.45, 7) is 4.01. The van der Waals surface area contributed by atoms with Crippen molar-refractivity contribution in [3.63, 3.8) is 0 Å². The van der Waals surface area contributed by atoms with Crippen LogP contribution >= 0.6 is 0 Å². The fourth-order valence-electron chi connectivity index (χ4n) is 4.79. The van der Waals surface area contributed by atoms with Crippen LogP contribution in [0.4, 0.5) is 4.79 Å². The van der Waals surface area contributed by atoms with Gasteiger partial charge in [-0.15, -0.1) is 0 Å². The highest BCUT2D eigenvalue weighted by atomic mass is 16.3. The summed E-state index contributed by atoms with van der Waals surface area (Å²) in [5, 5.41) is 13.3. The van der Waals surface area contributed by atoms with E-state index in [9.17, 15) is 9.90 Å². The number of hydrogen-bond acceptors (Lipinski definition) is 3. The molecule has 0 aromatic rings. The molecule has 1 saturated heterocycles. The summed E-state index contributed by atoms with van der Waals surface area (Å²) in [6, 6.07) is 0.318. The molecular formula is C19H35N3O2. The van der Waals surface area contributed by atoms with E-state index >= 15 is 0 Å². The van der Waals surface area contributed by atoms with Gasteiger partial charge in [0, 0.05) is 45.2 Å². The maximum atomic E-state index is 12.4. The average Bonchev–Trinajstić information content (AvgIpc) is 3.22. The molecule has 3 unspecified atom stereocenters. The van der Waals surface area contributed by atoms with Crippen LogP contribution in [0.25, 0.3) is 0 Å². The Morgan fingerprint density at radius 1 is 1.12 bits per heavy atom. The second-order valence-corrected chi connectivity index (χ2v) is 8.34. The highest BCUT2D eigenvalue weighted by Crippen LogP contribution is 2.27. The van der Waals surface area contributed by atoms with Crippen molar-refractivity contribution in [1.29, 1.82) is 0 Å². The summed E-state index contributed by atoms with van der Waals surface area (Å²) in [6.07, 6.45) is 10.6. The van der Waals surface area contributed by atoms with Crippen LogP contribution in [0.1, 0.15) is 57.8 Å². The van der Waals surface area contributed by atoms with E-state index in [4.69, 9.17) is 0 Å². The number of nitrogens with zero attached hydrogens (tertiary/aromatic N) is 2. The molecule has 0 spiro atoms. The van der Waals surface area contributed by atoms with Crippen LogP contribution in [0.5, 0.6) is 0 Å². The Kier molecular flexibility index (Phi) is 6.39. The molecule has 3 aliphatic rings. The minimum absolute atomic E-state index is 0.0282. The SMILES string of the molecule is CN(CC1CCCCC1O)C(=O)NC1CCN(CC2CCCC2)C1. The quantitative estimate of drug-likeness (QED) is 0.810. The Labute approximate surface area is 146 Å². The van der Waals surface area contributed by atoms with E-state index in [1.165, 1.54) is 38.6 Å². The van der Waals surface area contributed by atoms with Gasteiger partial charge >= 0.3 is 6.03 Å². The second-order valence-electron chi connectivity index (χ2n) is 8.34. The molecule has 24 heavy (non-hydrogen) atoms. The van der Waals surface area contributed by atoms with E-state index in [0.29, 0.717) is 6.54 Å². The van der Waals surface area contributed by atoms with Gasteiger partial charge in [-0.1, -0.05) is 25.7 Å². The molecule has 5 heteroatoms. The standard InChI is InChI=1S/C19H35N3O2/c1-21(13-16-8-4-5-9-18(16)23)19(24)20-17-10-11-22(14-17)12-15-6-2-3-7-15/h15-18,23H,2-14H2,1H3,(H,20,24). The number of carbonyl (C=O) groups excluding carboxylic acids is 1. The predicted octanol–water partition coefficient (Wildman–Crippen LogP) is 2.44. The number of rotatable bonds is 5. The number of carbonyl (C=O) groups is 1. The van der Waals surface area contributed by atoms with Crippen LogP contribution in [0, 0.1) is 11.8 Å². The topological polar surface area (TPSA) is 55.8 Å². The lowest BCUT2D eigenvalue weighted by atomic mass is 9.86. The van der Waals surface area contributed by atoms with Crippen molar-refractivity contribution in [2.45, 2.75) is 69.9 Å². The lowest BCUT2D eigenvalue weighted by Crippen LogP contribution is -2.47. The Hall–Kier alpha value is -0.810. The molecule has 3 fully saturated rings. The molecule has 1 aliphatic heterocycles. The second kappa shape index (κ2) is 8.52. The van der Waals surface area contributed by atoms with E-state index in [-0.39, 0.29) is 24.1 Å². The van der Waals surface area contributed by atoms with Crippen LogP contribution in [-0.4, -0.2) is 66.3 Å². The average molecular weight is 338 g/mol. The molecule has 5 nitrogen and oxygen atoms in total. The maximum Gasteiger partial charge on any atom is 0.317 e. The molecule has 2 N–H and O–H groups in total. The lowest BCUT2D eigenvalue weighted by Gasteiger charge is -2.31. The zero-order valence-corrected chi connectivity index (χ0v) is 15.3. The number of aliphatic hydroxyl groups excluding tert-OH is 1. The van der Waals surface area contributed by atoms with Gasteiger partial charge in [0.15, 0.2) is 0 Å². The summed E-state index contributed by atoms with van der Waals surface area (Å²) in [4.78, 5) is 16.8. The minimum Gasteiger partial charge on any atom is -0.393 e. The molecule has 2 saturated carbocycles. The van der Waals surface area contributed by atoms with E-state index in [1.807, 2.05) is 7.05 Å². The molecule has 0 bridgehead atoms. The summed E-state index contributed by atoms with van der Waals surface area (Å²) in [5.74, 6) is 1.13. The van der Waals surface area contributed by atoms with Crippen molar-refractivity contribution in [3.05, 3.63) is 0 Å². The Bertz CT molecular complexity index is 411. The third-order valence-corrected chi connectivity index (χ3v) is 6.32. The van der Waals surface area contributed by atoms with Gasteiger partial charge in [-0.25, -0.2) is 4.79 Å². The zero-order valence-electron chi connectivity index (χ0n) is 15.3. The Morgan fingerprint density at radius 3 is 2.58 bits per heavy atom. The van der Waals surface area contributed by atoms with Crippen molar-refractivity contribution < 1.29 is 9.90 Å². The molecule has 0 aromatic heterocycles. The number of nitrogens with one attached hydrogen (secondary N) is 1. The van der Waals surface area contributed by atoms with E-state index < -0.39 is 0 Å². The first kappa shape index (κ1) is 18.0. The number of amides is 2. The molecule has 1 heterocycles. The van der Waals surface area contributed by atoms with Crippen LogP contribution in [0.15, 0.2) is 0 Å². The van der Waals surface area contributed by atoms with Crippen LogP contribution < -0.4 is 5.32 Å². The van der Waals surface area contributed by atoms with Crippen molar-refractivity contribution in [2.75, 3.05) is 33.2 Å². The minimum atomic E-state index is -0.234. The van der Waals surface area contributed by atoms with Crippen molar-refractivity contribution in [1.82, 2.24) is 15.1 Å². The third kappa shape index (κ3) is 4.85. The van der Waals surface area contributed by atoms with E-state index in [2.05, 4.69) is 10.2 Å². The fourth-order valence-corrected chi connectivity index (χ4v) is 4.79.